The Labute approximate surface area is 178 Å². The Morgan fingerprint density at radius 1 is 1.03 bits per heavy atom. The molecule has 1 aliphatic carbocycles. The average molecular weight is 459 g/mol. The fraction of sp³-hybridized carbons (Fsp3) is 0.273. The summed E-state index contributed by atoms with van der Waals surface area (Å²) in [7, 11) is 0.717. The van der Waals surface area contributed by atoms with E-state index >= 15 is 0 Å². The highest BCUT2D eigenvalue weighted by atomic mass is 19.4. The summed E-state index contributed by atoms with van der Waals surface area (Å²) in [5, 5.41) is 0. The van der Waals surface area contributed by atoms with Gasteiger partial charge in [0.2, 0.25) is 0 Å². The van der Waals surface area contributed by atoms with Crippen LogP contribution >= 0.6 is 0 Å². The number of alkyl halides is 7. The summed E-state index contributed by atoms with van der Waals surface area (Å²) in [5.41, 5.74) is -0.178. The SMILES string of the molecule is C=CC(=O)OCC1c2ccccc2-c2cc(/C(=N/C)C(F)(F)C(F)(F)C(F)(F)F)ccc21. The number of fused-ring (bicyclic) bond motifs is 3. The first kappa shape index (κ1) is 23.5. The van der Waals surface area contributed by atoms with Crippen molar-refractivity contribution in [2.24, 2.45) is 4.99 Å². The van der Waals surface area contributed by atoms with Crippen LogP contribution in [-0.4, -0.2) is 43.4 Å². The van der Waals surface area contributed by atoms with Crippen molar-refractivity contribution in [2.75, 3.05) is 13.7 Å². The normalized spacial score (nSPS) is 16.4. The van der Waals surface area contributed by atoms with E-state index in [4.69, 9.17) is 4.74 Å². The van der Waals surface area contributed by atoms with Crippen molar-refractivity contribution in [1.29, 1.82) is 0 Å². The third-order valence-electron chi connectivity index (χ3n) is 5.16. The smallest absolute Gasteiger partial charge is 0.460 e. The van der Waals surface area contributed by atoms with E-state index in [9.17, 15) is 35.5 Å². The van der Waals surface area contributed by atoms with Crippen LogP contribution in [0.5, 0.6) is 0 Å². The van der Waals surface area contributed by atoms with Gasteiger partial charge in [0.05, 0.1) is 0 Å². The van der Waals surface area contributed by atoms with Gasteiger partial charge in [-0.25, -0.2) is 4.79 Å². The molecule has 2 aromatic carbocycles. The Bertz CT molecular complexity index is 1090. The van der Waals surface area contributed by atoms with Crippen LogP contribution in [0.4, 0.5) is 30.7 Å². The summed E-state index contributed by atoms with van der Waals surface area (Å²) in [6.07, 6.45) is -5.51. The quantitative estimate of drug-likeness (QED) is 0.238. The topological polar surface area (TPSA) is 38.7 Å². The van der Waals surface area contributed by atoms with E-state index in [-0.39, 0.29) is 6.61 Å². The third kappa shape index (κ3) is 3.67. The van der Waals surface area contributed by atoms with Crippen molar-refractivity contribution in [3.63, 3.8) is 0 Å². The molecular weight excluding hydrogens is 443 g/mol. The highest BCUT2D eigenvalue weighted by molar-refractivity contribution is 6.07. The molecule has 10 heteroatoms. The first-order valence-electron chi connectivity index (χ1n) is 9.19. The number of nitrogens with zero attached hydrogens (tertiary/aromatic N) is 1. The van der Waals surface area contributed by atoms with Crippen molar-refractivity contribution in [3.8, 4) is 11.1 Å². The molecule has 32 heavy (non-hydrogen) atoms. The number of ether oxygens (including phenoxy) is 1. The maximum Gasteiger partial charge on any atom is 0.460 e. The molecular formula is C22H16F7NO2. The fourth-order valence-electron chi connectivity index (χ4n) is 3.64. The van der Waals surface area contributed by atoms with Gasteiger partial charge in [-0.2, -0.15) is 30.7 Å². The van der Waals surface area contributed by atoms with Crippen LogP contribution in [0.2, 0.25) is 0 Å². The van der Waals surface area contributed by atoms with Gasteiger partial charge in [-0.1, -0.05) is 43.0 Å². The number of carbonyl (C=O) groups excluding carboxylic acids is 1. The van der Waals surface area contributed by atoms with Gasteiger partial charge in [-0.3, -0.25) is 4.99 Å². The maximum absolute atomic E-state index is 14.4. The number of carbonyl (C=O) groups is 1. The minimum Gasteiger partial charge on any atom is -0.462 e. The second-order valence-corrected chi connectivity index (χ2v) is 6.99. The summed E-state index contributed by atoms with van der Waals surface area (Å²) in [5.74, 6) is -13.1. The number of aliphatic imine (C=N–C) groups is 1. The summed E-state index contributed by atoms with van der Waals surface area (Å²) in [6.45, 7) is 3.19. The second kappa shape index (κ2) is 8.07. The standard InChI is InChI=1S/C22H16F7NO2/c1-3-18(31)32-11-17-14-7-5-4-6-13(14)16-10-12(8-9-15(16)17)19(30-2)20(23,24)21(25,26)22(27,28)29/h3-10,17H,1,11H2,2H3/b30-19-. The Morgan fingerprint density at radius 2 is 1.66 bits per heavy atom. The van der Waals surface area contributed by atoms with E-state index in [1.807, 2.05) is 0 Å². The number of hydrogen-bond acceptors (Lipinski definition) is 3. The van der Waals surface area contributed by atoms with Crippen molar-refractivity contribution >= 4 is 11.7 Å². The molecule has 0 aliphatic heterocycles. The predicted molar refractivity (Wildman–Crippen MR) is 103 cm³/mol. The van der Waals surface area contributed by atoms with Crippen LogP contribution in [-0.2, 0) is 9.53 Å². The van der Waals surface area contributed by atoms with E-state index in [0.717, 1.165) is 18.2 Å². The number of benzene rings is 2. The summed E-state index contributed by atoms with van der Waals surface area (Å²) in [4.78, 5) is 14.5. The van der Waals surface area contributed by atoms with Gasteiger partial charge >= 0.3 is 24.0 Å². The molecule has 0 saturated heterocycles. The average Bonchev–Trinajstić information content (AvgIpc) is 3.04. The molecule has 0 radical (unpaired) electrons. The van der Waals surface area contributed by atoms with E-state index in [1.54, 1.807) is 24.3 Å². The van der Waals surface area contributed by atoms with Gasteiger partial charge in [0.15, 0.2) is 0 Å². The highest BCUT2D eigenvalue weighted by Crippen LogP contribution is 2.49. The van der Waals surface area contributed by atoms with Crippen molar-refractivity contribution < 1.29 is 40.3 Å². The molecule has 0 heterocycles. The molecule has 0 fully saturated rings. The Kier molecular flexibility index (Phi) is 5.92. The monoisotopic (exact) mass is 459 g/mol. The molecule has 1 aliphatic rings. The minimum atomic E-state index is -6.48. The van der Waals surface area contributed by atoms with Crippen molar-refractivity contribution in [3.05, 3.63) is 71.8 Å². The summed E-state index contributed by atoms with van der Waals surface area (Å²) in [6, 6.07) is 10.1. The number of halogens is 7. The molecule has 0 saturated carbocycles. The van der Waals surface area contributed by atoms with E-state index in [2.05, 4.69) is 11.6 Å². The third-order valence-corrected chi connectivity index (χ3v) is 5.16. The second-order valence-electron chi connectivity index (χ2n) is 6.99. The Morgan fingerprint density at radius 3 is 2.25 bits per heavy atom. The zero-order chi connectivity index (χ0) is 23.9. The first-order valence-corrected chi connectivity index (χ1v) is 9.19. The van der Waals surface area contributed by atoms with Gasteiger partial charge in [-0.05, 0) is 28.3 Å². The number of rotatable bonds is 6. The zero-order valence-electron chi connectivity index (χ0n) is 16.5. The molecule has 0 bridgehead atoms. The molecule has 1 unspecified atom stereocenters. The molecule has 0 N–H and O–H groups in total. The van der Waals surface area contributed by atoms with Crippen LogP contribution in [0.25, 0.3) is 11.1 Å². The molecule has 0 amide bonds. The van der Waals surface area contributed by atoms with Crippen LogP contribution in [0, 0.1) is 0 Å². The zero-order valence-corrected chi connectivity index (χ0v) is 16.5. The van der Waals surface area contributed by atoms with Crippen molar-refractivity contribution in [1.82, 2.24) is 0 Å². The Balaban J connectivity index is 2.09. The van der Waals surface area contributed by atoms with Crippen LogP contribution in [0.3, 0.4) is 0 Å². The largest absolute Gasteiger partial charge is 0.462 e. The molecule has 170 valence electrons. The number of hydrogen-bond donors (Lipinski definition) is 0. The molecule has 3 rings (SSSR count). The summed E-state index contributed by atoms with van der Waals surface area (Å²) >= 11 is 0. The fourth-order valence-corrected chi connectivity index (χ4v) is 3.64. The molecule has 2 aromatic rings. The van der Waals surface area contributed by atoms with E-state index in [0.29, 0.717) is 29.3 Å². The lowest BCUT2D eigenvalue weighted by Crippen LogP contribution is -2.56. The lowest BCUT2D eigenvalue weighted by molar-refractivity contribution is -0.336. The lowest BCUT2D eigenvalue weighted by Gasteiger charge is -2.29. The molecule has 0 aromatic heterocycles. The van der Waals surface area contributed by atoms with Gasteiger partial charge in [-0.15, -0.1) is 0 Å². The van der Waals surface area contributed by atoms with Gasteiger partial charge < -0.3 is 4.74 Å². The molecule has 0 spiro atoms. The number of esters is 1. The molecule has 3 nitrogen and oxygen atoms in total. The Hall–Kier alpha value is -3.17. The first-order chi connectivity index (χ1) is 14.9. The predicted octanol–water partition coefficient (Wildman–Crippen LogP) is 5.78. The maximum atomic E-state index is 14.4. The highest BCUT2D eigenvalue weighted by Gasteiger charge is 2.74. The van der Waals surface area contributed by atoms with Gasteiger partial charge in [0, 0.05) is 24.6 Å². The van der Waals surface area contributed by atoms with Crippen LogP contribution < -0.4 is 0 Å². The van der Waals surface area contributed by atoms with Crippen molar-refractivity contribution in [2.45, 2.75) is 23.9 Å². The van der Waals surface area contributed by atoms with Crippen LogP contribution in [0.15, 0.2) is 60.1 Å². The minimum absolute atomic E-state index is 0.106. The molecule has 1 atom stereocenters. The lowest BCUT2D eigenvalue weighted by atomic mass is 9.93. The van der Waals surface area contributed by atoms with E-state index in [1.165, 1.54) is 6.07 Å². The summed E-state index contributed by atoms with van der Waals surface area (Å²) < 4.78 is 99.0. The van der Waals surface area contributed by atoms with Gasteiger partial charge in [0.1, 0.15) is 12.3 Å². The van der Waals surface area contributed by atoms with Gasteiger partial charge in [0.25, 0.3) is 0 Å². The van der Waals surface area contributed by atoms with Crippen LogP contribution in [0.1, 0.15) is 22.6 Å². The van der Waals surface area contributed by atoms with E-state index < -0.39 is 41.2 Å².